The van der Waals surface area contributed by atoms with Gasteiger partial charge in [-0.3, -0.25) is 4.68 Å². The minimum absolute atomic E-state index is 0.750. The molecule has 0 radical (unpaired) electrons. The Morgan fingerprint density at radius 3 is 2.75 bits per heavy atom. The minimum atomic E-state index is 0.750. The molecule has 1 heterocycles. The molecule has 1 N–H and O–H groups in total. The van der Waals surface area contributed by atoms with Crippen LogP contribution in [0.1, 0.15) is 32.4 Å². The van der Waals surface area contributed by atoms with Crippen LogP contribution in [-0.4, -0.2) is 22.9 Å². The summed E-state index contributed by atoms with van der Waals surface area (Å²) in [4.78, 5) is 0. The number of rotatable bonds is 7. The summed E-state index contributed by atoms with van der Waals surface area (Å²) in [6.07, 6.45) is 4.24. The van der Waals surface area contributed by atoms with Gasteiger partial charge in [0.15, 0.2) is 0 Å². The molecule has 16 heavy (non-hydrogen) atoms. The smallest absolute Gasteiger partial charge is 0.0814 e. The lowest BCUT2D eigenvalue weighted by Crippen LogP contribution is -2.22. The molecule has 4 heteroatoms. The van der Waals surface area contributed by atoms with Crippen LogP contribution in [0.4, 0.5) is 0 Å². The highest BCUT2D eigenvalue weighted by Gasteiger charge is 2.02. The molecule has 0 fully saturated rings. The summed E-state index contributed by atoms with van der Waals surface area (Å²) in [5, 5.41) is 8.38. The minimum Gasteiger partial charge on any atom is -0.315 e. The predicted molar refractivity (Wildman–Crippen MR) is 68.9 cm³/mol. The van der Waals surface area contributed by atoms with Crippen LogP contribution in [0.2, 0.25) is 5.02 Å². The van der Waals surface area contributed by atoms with Crippen molar-refractivity contribution in [2.24, 2.45) is 5.92 Å². The molecule has 0 saturated heterocycles. The quantitative estimate of drug-likeness (QED) is 0.747. The van der Waals surface area contributed by atoms with Gasteiger partial charge in [0.25, 0.3) is 0 Å². The molecule has 0 aliphatic heterocycles. The van der Waals surface area contributed by atoms with Crippen LogP contribution in [0.25, 0.3) is 0 Å². The fourth-order valence-electron chi connectivity index (χ4n) is 1.59. The molecule has 0 aromatic carbocycles. The van der Waals surface area contributed by atoms with Gasteiger partial charge >= 0.3 is 0 Å². The zero-order chi connectivity index (χ0) is 12.0. The standard InChI is InChI=1S/C12H22ClN3/c1-10(2)5-4-6-14-7-8-16-11(3)12(13)9-15-16/h9-10,14H,4-8H2,1-3H3. The van der Waals surface area contributed by atoms with E-state index in [0.717, 1.165) is 36.3 Å². The van der Waals surface area contributed by atoms with Crippen LogP contribution in [0.15, 0.2) is 6.20 Å². The van der Waals surface area contributed by atoms with E-state index in [9.17, 15) is 0 Å². The summed E-state index contributed by atoms with van der Waals surface area (Å²) < 4.78 is 1.94. The zero-order valence-electron chi connectivity index (χ0n) is 10.5. The lowest BCUT2D eigenvalue weighted by Gasteiger charge is -2.07. The lowest BCUT2D eigenvalue weighted by atomic mass is 10.1. The van der Waals surface area contributed by atoms with Crippen LogP contribution in [0, 0.1) is 12.8 Å². The molecule has 1 aromatic rings. The SMILES string of the molecule is Cc1c(Cl)cnn1CCNCCCC(C)C. The Labute approximate surface area is 103 Å². The number of halogens is 1. The van der Waals surface area contributed by atoms with Gasteiger partial charge in [0.1, 0.15) is 0 Å². The first-order chi connectivity index (χ1) is 7.61. The zero-order valence-corrected chi connectivity index (χ0v) is 11.2. The summed E-state index contributed by atoms with van der Waals surface area (Å²) in [6.45, 7) is 9.45. The molecular weight excluding hydrogens is 222 g/mol. The number of hydrogen-bond donors (Lipinski definition) is 1. The van der Waals surface area contributed by atoms with Gasteiger partial charge in [-0.05, 0) is 32.2 Å². The van der Waals surface area contributed by atoms with E-state index in [1.54, 1.807) is 6.20 Å². The molecule has 0 aliphatic carbocycles. The van der Waals surface area contributed by atoms with Gasteiger partial charge in [-0.2, -0.15) is 5.10 Å². The molecule has 0 amide bonds. The van der Waals surface area contributed by atoms with E-state index in [0.29, 0.717) is 0 Å². The van der Waals surface area contributed by atoms with E-state index in [4.69, 9.17) is 11.6 Å². The summed E-state index contributed by atoms with van der Waals surface area (Å²) in [6, 6.07) is 0. The molecule has 0 aliphatic rings. The molecule has 0 unspecified atom stereocenters. The second-order valence-electron chi connectivity index (χ2n) is 4.59. The average Bonchev–Trinajstić information content (AvgIpc) is 2.54. The van der Waals surface area contributed by atoms with Crippen molar-refractivity contribution < 1.29 is 0 Å². The van der Waals surface area contributed by atoms with E-state index in [1.165, 1.54) is 12.8 Å². The van der Waals surface area contributed by atoms with Gasteiger partial charge in [-0.25, -0.2) is 0 Å². The van der Waals surface area contributed by atoms with E-state index >= 15 is 0 Å². The summed E-state index contributed by atoms with van der Waals surface area (Å²) in [7, 11) is 0. The van der Waals surface area contributed by atoms with Gasteiger partial charge in [-0.15, -0.1) is 0 Å². The third-order valence-electron chi connectivity index (χ3n) is 2.68. The highest BCUT2D eigenvalue weighted by Crippen LogP contribution is 2.12. The number of aromatic nitrogens is 2. The molecular formula is C12H22ClN3. The lowest BCUT2D eigenvalue weighted by molar-refractivity contribution is 0.501. The van der Waals surface area contributed by atoms with Gasteiger partial charge in [0, 0.05) is 6.54 Å². The number of nitrogens with zero attached hydrogens (tertiary/aromatic N) is 2. The fourth-order valence-corrected chi connectivity index (χ4v) is 1.74. The number of nitrogens with one attached hydrogen (secondary N) is 1. The van der Waals surface area contributed by atoms with Crippen LogP contribution >= 0.6 is 11.6 Å². The van der Waals surface area contributed by atoms with Crippen molar-refractivity contribution in [3.63, 3.8) is 0 Å². The Morgan fingerprint density at radius 1 is 1.44 bits per heavy atom. The Morgan fingerprint density at radius 2 is 2.19 bits per heavy atom. The summed E-state index contributed by atoms with van der Waals surface area (Å²) in [5.41, 5.74) is 1.05. The Hall–Kier alpha value is -0.540. The van der Waals surface area contributed by atoms with Crippen molar-refractivity contribution in [3.05, 3.63) is 16.9 Å². The highest BCUT2D eigenvalue weighted by atomic mass is 35.5. The molecule has 3 nitrogen and oxygen atoms in total. The van der Waals surface area contributed by atoms with Crippen LogP contribution in [0.3, 0.4) is 0 Å². The van der Waals surface area contributed by atoms with Gasteiger partial charge in [-0.1, -0.05) is 25.4 Å². The summed E-state index contributed by atoms with van der Waals surface area (Å²) >= 11 is 5.92. The maximum absolute atomic E-state index is 5.92. The van der Waals surface area contributed by atoms with E-state index in [-0.39, 0.29) is 0 Å². The number of hydrogen-bond acceptors (Lipinski definition) is 2. The first-order valence-electron chi connectivity index (χ1n) is 6.00. The third-order valence-corrected chi connectivity index (χ3v) is 3.05. The topological polar surface area (TPSA) is 29.9 Å². The average molecular weight is 244 g/mol. The molecule has 0 bridgehead atoms. The Kier molecular flexibility index (Phi) is 5.85. The first-order valence-corrected chi connectivity index (χ1v) is 6.37. The van der Waals surface area contributed by atoms with Gasteiger partial charge in [0.2, 0.25) is 0 Å². The van der Waals surface area contributed by atoms with Crippen LogP contribution < -0.4 is 5.32 Å². The predicted octanol–water partition coefficient (Wildman–Crippen LogP) is 2.87. The van der Waals surface area contributed by atoms with Crippen LogP contribution in [-0.2, 0) is 6.54 Å². The molecule has 0 saturated carbocycles. The molecule has 92 valence electrons. The van der Waals surface area contributed by atoms with Crippen molar-refractivity contribution in [2.45, 2.75) is 40.2 Å². The van der Waals surface area contributed by atoms with E-state index < -0.39 is 0 Å². The maximum atomic E-state index is 5.92. The largest absolute Gasteiger partial charge is 0.315 e. The van der Waals surface area contributed by atoms with Crippen molar-refractivity contribution in [1.29, 1.82) is 0 Å². The Bertz CT molecular complexity index is 307. The third kappa shape index (κ3) is 4.54. The van der Waals surface area contributed by atoms with Gasteiger partial charge in [0.05, 0.1) is 23.5 Å². The molecule has 0 atom stereocenters. The summed E-state index contributed by atoms with van der Waals surface area (Å²) in [5.74, 6) is 0.800. The van der Waals surface area contributed by atoms with Crippen molar-refractivity contribution in [2.75, 3.05) is 13.1 Å². The Balaban J connectivity index is 2.10. The molecule has 0 spiro atoms. The monoisotopic (exact) mass is 243 g/mol. The second kappa shape index (κ2) is 6.92. The first kappa shape index (κ1) is 13.5. The van der Waals surface area contributed by atoms with Crippen molar-refractivity contribution >= 4 is 11.6 Å². The fraction of sp³-hybridized carbons (Fsp3) is 0.750. The van der Waals surface area contributed by atoms with Crippen LogP contribution in [0.5, 0.6) is 0 Å². The van der Waals surface area contributed by atoms with Crippen molar-refractivity contribution in [1.82, 2.24) is 15.1 Å². The van der Waals surface area contributed by atoms with Crippen molar-refractivity contribution in [3.8, 4) is 0 Å². The molecule has 1 aromatic heterocycles. The molecule has 1 rings (SSSR count). The highest BCUT2D eigenvalue weighted by molar-refractivity contribution is 6.31. The normalized spacial score (nSPS) is 11.3. The van der Waals surface area contributed by atoms with E-state index in [1.807, 2.05) is 11.6 Å². The maximum Gasteiger partial charge on any atom is 0.0814 e. The second-order valence-corrected chi connectivity index (χ2v) is 4.99. The van der Waals surface area contributed by atoms with Gasteiger partial charge < -0.3 is 5.32 Å². The van der Waals surface area contributed by atoms with E-state index in [2.05, 4.69) is 24.3 Å².